The summed E-state index contributed by atoms with van der Waals surface area (Å²) >= 11 is 3.57. The third-order valence-electron chi connectivity index (χ3n) is 7.45. The number of nitrogens with zero attached hydrogens (tertiary/aromatic N) is 4. The highest BCUT2D eigenvalue weighted by Crippen LogP contribution is 2.38. The van der Waals surface area contributed by atoms with Gasteiger partial charge >= 0.3 is 0 Å². The van der Waals surface area contributed by atoms with Crippen LogP contribution in [0.3, 0.4) is 0 Å². The number of halogens is 2. The van der Waals surface area contributed by atoms with Gasteiger partial charge < -0.3 is 20.1 Å². The Hall–Kier alpha value is -4.72. The molecule has 5 aromatic rings. The average molecular weight is 704 g/mol. The van der Waals surface area contributed by atoms with Crippen molar-refractivity contribution < 1.29 is 22.3 Å². The SMILES string of the molecule is O=S(=O)=C(CNCCC1(c2cc3c(Nc4ccc(OCc5cccc(F)c5)c(Br)c4)ncnc3cn2)CC=CO1)c1ccccn1. The Kier molecular flexibility index (Phi) is 9.62. The fraction of sp³-hybridized carbons (Fsp3) is 0.182. The molecule has 13 heteroatoms. The third-order valence-corrected chi connectivity index (χ3v) is 8.82. The van der Waals surface area contributed by atoms with Crippen molar-refractivity contribution in [3.8, 4) is 5.75 Å². The molecule has 0 amide bonds. The number of aromatic nitrogens is 4. The molecule has 1 unspecified atom stereocenters. The molecule has 234 valence electrons. The summed E-state index contributed by atoms with van der Waals surface area (Å²) < 4.78 is 50.0. The summed E-state index contributed by atoms with van der Waals surface area (Å²) in [6, 6.07) is 18.9. The number of anilines is 2. The highest BCUT2D eigenvalue weighted by atomic mass is 79.9. The maximum absolute atomic E-state index is 13.5. The number of benzene rings is 2. The highest BCUT2D eigenvalue weighted by Gasteiger charge is 2.37. The largest absolute Gasteiger partial charge is 0.489 e. The summed E-state index contributed by atoms with van der Waals surface area (Å²) in [5.74, 6) is 0.888. The Morgan fingerprint density at radius 2 is 1.96 bits per heavy atom. The lowest BCUT2D eigenvalue weighted by Gasteiger charge is -2.28. The van der Waals surface area contributed by atoms with E-state index in [2.05, 4.69) is 41.5 Å². The van der Waals surface area contributed by atoms with Crippen molar-refractivity contribution in [2.24, 2.45) is 0 Å². The smallest absolute Gasteiger partial charge is 0.220 e. The Morgan fingerprint density at radius 3 is 2.72 bits per heavy atom. The van der Waals surface area contributed by atoms with Crippen LogP contribution in [-0.4, -0.2) is 46.3 Å². The Labute approximate surface area is 274 Å². The molecular weight excluding hydrogens is 675 g/mol. The van der Waals surface area contributed by atoms with Gasteiger partial charge in [0.15, 0.2) is 5.60 Å². The minimum Gasteiger partial charge on any atom is -0.489 e. The second kappa shape index (κ2) is 14.1. The highest BCUT2D eigenvalue weighted by molar-refractivity contribution is 9.10. The van der Waals surface area contributed by atoms with Crippen molar-refractivity contribution in [1.29, 1.82) is 0 Å². The van der Waals surface area contributed by atoms with Gasteiger partial charge in [0.25, 0.3) is 0 Å². The zero-order chi connectivity index (χ0) is 31.9. The summed E-state index contributed by atoms with van der Waals surface area (Å²) in [6.45, 7) is 0.826. The molecular formula is C33H28BrFN6O4S. The molecule has 0 saturated heterocycles. The summed E-state index contributed by atoms with van der Waals surface area (Å²) in [6.07, 6.45) is 9.47. The fourth-order valence-corrected chi connectivity index (χ4v) is 6.11. The lowest BCUT2D eigenvalue weighted by molar-refractivity contribution is 0.0290. The minimum absolute atomic E-state index is 0.133. The number of pyridine rings is 2. The van der Waals surface area contributed by atoms with Crippen molar-refractivity contribution in [3.63, 3.8) is 0 Å². The van der Waals surface area contributed by atoms with Crippen LogP contribution in [0.5, 0.6) is 5.75 Å². The normalized spacial score (nSPS) is 15.4. The van der Waals surface area contributed by atoms with Gasteiger partial charge in [-0.05, 0) is 82.6 Å². The van der Waals surface area contributed by atoms with Crippen molar-refractivity contribution in [1.82, 2.24) is 25.3 Å². The minimum atomic E-state index is -2.41. The van der Waals surface area contributed by atoms with E-state index >= 15 is 0 Å². The fourth-order valence-electron chi connectivity index (χ4n) is 5.10. The molecule has 6 rings (SSSR count). The summed E-state index contributed by atoms with van der Waals surface area (Å²) in [4.78, 5) is 18.0. The number of hydrogen-bond acceptors (Lipinski definition) is 10. The van der Waals surface area contributed by atoms with Crippen LogP contribution in [0.15, 0.2) is 102 Å². The number of nitrogens with one attached hydrogen (secondary N) is 2. The van der Waals surface area contributed by atoms with Crippen LogP contribution in [0, 0.1) is 5.82 Å². The molecule has 1 aliphatic heterocycles. The third kappa shape index (κ3) is 7.22. The van der Waals surface area contributed by atoms with E-state index in [1.54, 1.807) is 49.0 Å². The lowest BCUT2D eigenvalue weighted by atomic mass is 9.91. The van der Waals surface area contributed by atoms with Crippen LogP contribution < -0.4 is 15.4 Å². The Balaban J connectivity index is 1.17. The first-order chi connectivity index (χ1) is 22.4. The monoisotopic (exact) mass is 702 g/mol. The molecule has 1 atom stereocenters. The van der Waals surface area contributed by atoms with Crippen LogP contribution in [0.2, 0.25) is 0 Å². The van der Waals surface area contributed by atoms with Crippen LogP contribution in [0.25, 0.3) is 10.9 Å². The Bertz CT molecular complexity index is 2030. The molecule has 10 nitrogen and oxygen atoms in total. The Morgan fingerprint density at radius 1 is 1.04 bits per heavy atom. The molecule has 3 aromatic heterocycles. The zero-order valence-electron chi connectivity index (χ0n) is 24.4. The summed E-state index contributed by atoms with van der Waals surface area (Å²) in [7, 11) is -2.41. The van der Waals surface area contributed by atoms with Gasteiger partial charge in [-0.15, -0.1) is 0 Å². The van der Waals surface area contributed by atoms with Gasteiger partial charge in [0.2, 0.25) is 10.3 Å². The van der Waals surface area contributed by atoms with E-state index in [-0.39, 0.29) is 23.8 Å². The molecule has 0 aliphatic carbocycles. The second-order valence-corrected chi connectivity index (χ2v) is 12.3. The van der Waals surface area contributed by atoms with Crippen LogP contribution in [0.4, 0.5) is 15.9 Å². The van der Waals surface area contributed by atoms with E-state index in [4.69, 9.17) is 14.5 Å². The predicted octanol–water partition coefficient (Wildman–Crippen LogP) is 5.85. The molecule has 1 aliphatic rings. The van der Waals surface area contributed by atoms with Crippen molar-refractivity contribution in [2.45, 2.75) is 25.0 Å². The van der Waals surface area contributed by atoms with Crippen LogP contribution in [0.1, 0.15) is 29.8 Å². The molecule has 46 heavy (non-hydrogen) atoms. The van der Waals surface area contributed by atoms with Crippen molar-refractivity contribution in [2.75, 3.05) is 18.4 Å². The van der Waals surface area contributed by atoms with E-state index < -0.39 is 15.9 Å². The molecule has 2 N–H and O–H groups in total. The first-order valence-corrected chi connectivity index (χ1v) is 16.2. The average Bonchev–Trinajstić information content (AvgIpc) is 3.55. The molecule has 0 spiro atoms. The second-order valence-electron chi connectivity index (χ2n) is 10.5. The van der Waals surface area contributed by atoms with E-state index in [9.17, 15) is 12.8 Å². The zero-order valence-corrected chi connectivity index (χ0v) is 26.8. The number of rotatable bonds is 12. The van der Waals surface area contributed by atoms with Gasteiger partial charge in [-0.25, -0.2) is 14.4 Å². The number of ether oxygens (including phenoxy) is 2. The predicted molar refractivity (Wildman–Crippen MR) is 177 cm³/mol. The van der Waals surface area contributed by atoms with Crippen LogP contribution in [-0.2, 0) is 27.2 Å². The molecule has 0 radical (unpaired) electrons. The van der Waals surface area contributed by atoms with E-state index in [1.807, 2.05) is 30.3 Å². The quantitative estimate of drug-likeness (QED) is 0.0928. The summed E-state index contributed by atoms with van der Waals surface area (Å²) in [5, 5.41) is 7.35. The molecule has 0 saturated carbocycles. The van der Waals surface area contributed by atoms with E-state index in [0.717, 1.165) is 21.1 Å². The number of fused-ring (bicyclic) bond motifs is 1. The lowest BCUT2D eigenvalue weighted by Crippen LogP contribution is -2.33. The van der Waals surface area contributed by atoms with Gasteiger partial charge in [0.05, 0.1) is 33.8 Å². The van der Waals surface area contributed by atoms with Gasteiger partial charge in [-0.3, -0.25) is 9.97 Å². The molecule has 2 aromatic carbocycles. The topological polar surface area (TPSA) is 128 Å². The maximum atomic E-state index is 13.5. The summed E-state index contributed by atoms with van der Waals surface area (Å²) in [5.41, 5.74) is 2.51. The first-order valence-electron chi connectivity index (χ1n) is 14.4. The standard InChI is InChI=1S/C33H28BrFN6O4S/c34-26-16-24(8-9-29(26)44-20-22-5-3-6-23(35)15-22)41-32-25-17-31(38-18-28(25)39-21-40-32)33(10-4-14-45-33)11-13-36-19-30(46(42)43)27-7-1-2-12-37-27/h1-9,12,14-18,21,36H,10-11,13,19-20H2,(H,39,40,41). The van der Waals surface area contributed by atoms with E-state index in [1.165, 1.54) is 18.5 Å². The molecule has 0 bridgehead atoms. The number of hydrogen-bond donors (Lipinski definition) is 2. The van der Waals surface area contributed by atoms with Gasteiger partial charge in [0.1, 0.15) is 35.2 Å². The van der Waals surface area contributed by atoms with Crippen molar-refractivity contribution in [3.05, 3.63) is 125 Å². The van der Waals surface area contributed by atoms with Crippen molar-refractivity contribution >= 4 is 53.5 Å². The van der Waals surface area contributed by atoms with Gasteiger partial charge in [-0.2, -0.15) is 8.42 Å². The molecule has 0 fully saturated rings. The van der Waals surface area contributed by atoms with Crippen LogP contribution >= 0.6 is 15.9 Å². The van der Waals surface area contributed by atoms with Gasteiger partial charge in [-0.1, -0.05) is 18.2 Å². The van der Waals surface area contributed by atoms with Gasteiger partial charge in [0, 0.05) is 36.7 Å². The first kappa shape index (κ1) is 31.3. The van der Waals surface area contributed by atoms with E-state index in [0.29, 0.717) is 47.9 Å². The maximum Gasteiger partial charge on any atom is 0.220 e. The molecule has 4 heterocycles.